The van der Waals surface area contributed by atoms with Crippen LogP contribution in [0.2, 0.25) is 0 Å². The summed E-state index contributed by atoms with van der Waals surface area (Å²) in [6.07, 6.45) is 4.47. The van der Waals surface area contributed by atoms with Crippen LogP contribution in [0.3, 0.4) is 0 Å². The number of aromatic nitrogens is 2. The normalized spacial score (nSPS) is 10.2. The van der Waals surface area contributed by atoms with Crippen LogP contribution < -0.4 is 0 Å². The summed E-state index contributed by atoms with van der Waals surface area (Å²) in [6.45, 7) is 2.88. The average Bonchev–Trinajstić information content (AvgIpc) is 2.78. The lowest BCUT2D eigenvalue weighted by Crippen LogP contribution is -1.95. The third-order valence-corrected chi connectivity index (χ3v) is 2.52. The fourth-order valence-corrected chi connectivity index (χ4v) is 1.73. The zero-order valence-electron chi connectivity index (χ0n) is 9.52. The third kappa shape index (κ3) is 2.18. The van der Waals surface area contributed by atoms with Crippen molar-refractivity contribution in [2.75, 3.05) is 0 Å². The van der Waals surface area contributed by atoms with Gasteiger partial charge in [-0.3, -0.25) is 4.68 Å². The Labute approximate surface area is 99.1 Å². The molecule has 0 radical (unpaired) electrons. The average molecular weight is 229 g/mol. The summed E-state index contributed by atoms with van der Waals surface area (Å²) in [5.41, 5.74) is 1.44. The second-order valence-electron chi connectivity index (χ2n) is 3.77. The quantitative estimate of drug-likeness (QED) is 0.811. The van der Waals surface area contributed by atoms with Gasteiger partial charge in [-0.1, -0.05) is 19.1 Å². The number of aryl methyl sites for hydroxylation is 1. The monoisotopic (exact) mass is 229 g/mol. The van der Waals surface area contributed by atoms with Crippen LogP contribution in [0.4, 0.5) is 4.39 Å². The number of nitrogens with zero attached hydrogens (tertiary/aromatic N) is 3. The van der Waals surface area contributed by atoms with E-state index in [4.69, 9.17) is 5.26 Å². The fraction of sp³-hybridized carbons (Fsp3) is 0.231. The Hall–Kier alpha value is -2.15. The maximum atomic E-state index is 13.4. The Morgan fingerprint density at radius 1 is 1.47 bits per heavy atom. The zero-order chi connectivity index (χ0) is 12.3. The lowest BCUT2D eigenvalue weighted by Gasteiger charge is -2.01. The lowest BCUT2D eigenvalue weighted by molar-refractivity contribution is 0.603. The van der Waals surface area contributed by atoms with Crippen molar-refractivity contribution in [3.63, 3.8) is 0 Å². The van der Waals surface area contributed by atoms with Crippen molar-refractivity contribution in [1.29, 1.82) is 5.26 Å². The molecule has 0 aliphatic carbocycles. The van der Waals surface area contributed by atoms with Crippen LogP contribution in [0.1, 0.15) is 18.9 Å². The van der Waals surface area contributed by atoms with E-state index in [2.05, 4.69) is 12.0 Å². The highest BCUT2D eigenvalue weighted by Gasteiger charge is 2.10. The molecule has 1 heterocycles. The molecule has 2 aromatic rings. The number of rotatable bonds is 3. The van der Waals surface area contributed by atoms with Crippen molar-refractivity contribution < 1.29 is 4.39 Å². The molecule has 0 saturated carbocycles. The maximum Gasteiger partial charge on any atom is 0.141 e. The highest BCUT2D eigenvalue weighted by atomic mass is 19.1. The second-order valence-corrected chi connectivity index (χ2v) is 3.77. The van der Waals surface area contributed by atoms with Crippen LogP contribution in [0.25, 0.3) is 11.1 Å². The van der Waals surface area contributed by atoms with Crippen molar-refractivity contribution in [2.24, 2.45) is 0 Å². The van der Waals surface area contributed by atoms with Crippen molar-refractivity contribution in [3.05, 3.63) is 42.0 Å². The van der Waals surface area contributed by atoms with E-state index in [1.807, 2.05) is 12.3 Å². The van der Waals surface area contributed by atoms with E-state index in [1.165, 1.54) is 6.07 Å². The van der Waals surface area contributed by atoms with Crippen molar-refractivity contribution in [3.8, 4) is 17.2 Å². The summed E-state index contributed by atoms with van der Waals surface area (Å²) in [6, 6.07) is 6.51. The Kier molecular flexibility index (Phi) is 3.20. The molecule has 0 aliphatic rings. The second kappa shape index (κ2) is 4.79. The van der Waals surface area contributed by atoms with E-state index in [0.717, 1.165) is 18.5 Å². The summed E-state index contributed by atoms with van der Waals surface area (Å²) < 4.78 is 15.2. The largest absolute Gasteiger partial charge is 0.272 e. The van der Waals surface area contributed by atoms with E-state index in [9.17, 15) is 4.39 Å². The Balaban J connectivity index is 2.46. The molecule has 1 aromatic heterocycles. The number of halogens is 1. The lowest BCUT2D eigenvalue weighted by atomic mass is 10.0. The third-order valence-electron chi connectivity index (χ3n) is 2.52. The molecule has 0 unspecified atom stereocenters. The minimum atomic E-state index is -0.492. The molecule has 3 nitrogen and oxygen atoms in total. The molecule has 86 valence electrons. The highest BCUT2D eigenvalue weighted by molar-refractivity contribution is 5.69. The standard InChI is InChI=1S/C13H12FN3/c1-2-6-17-9-10(8-16-17)11-4-3-5-13(14)12(11)7-15/h3-5,8-9H,2,6H2,1H3. The van der Waals surface area contributed by atoms with Gasteiger partial charge in [-0.15, -0.1) is 0 Å². The van der Waals surface area contributed by atoms with Gasteiger partial charge in [-0.25, -0.2) is 4.39 Å². The predicted molar refractivity (Wildman–Crippen MR) is 62.6 cm³/mol. The first-order valence-electron chi connectivity index (χ1n) is 5.47. The molecular formula is C13H12FN3. The summed E-state index contributed by atoms with van der Waals surface area (Å²) in [5, 5.41) is 13.1. The van der Waals surface area contributed by atoms with Gasteiger partial charge in [0.15, 0.2) is 0 Å². The SMILES string of the molecule is CCCn1cc(-c2cccc(F)c2C#N)cn1. The van der Waals surface area contributed by atoms with E-state index in [0.29, 0.717) is 5.56 Å². The van der Waals surface area contributed by atoms with Crippen LogP contribution in [-0.2, 0) is 6.54 Å². The Bertz CT molecular complexity index is 566. The fourth-order valence-electron chi connectivity index (χ4n) is 1.73. The molecule has 0 N–H and O–H groups in total. The molecule has 4 heteroatoms. The van der Waals surface area contributed by atoms with E-state index >= 15 is 0 Å². The number of benzene rings is 1. The molecule has 0 fully saturated rings. The molecule has 0 aliphatic heterocycles. The maximum absolute atomic E-state index is 13.4. The van der Waals surface area contributed by atoms with Crippen molar-refractivity contribution >= 4 is 0 Å². The first-order chi connectivity index (χ1) is 8.26. The van der Waals surface area contributed by atoms with E-state index < -0.39 is 5.82 Å². The van der Waals surface area contributed by atoms with E-state index in [1.54, 1.807) is 23.0 Å². The van der Waals surface area contributed by atoms with Gasteiger partial charge in [-0.05, 0) is 12.5 Å². The highest BCUT2D eigenvalue weighted by Crippen LogP contribution is 2.24. The summed E-state index contributed by atoms with van der Waals surface area (Å²) in [5.74, 6) is -0.492. The van der Waals surface area contributed by atoms with Gasteiger partial charge in [-0.2, -0.15) is 10.4 Å². The zero-order valence-corrected chi connectivity index (χ0v) is 9.52. The minimum absolute atomic E-state index is 0.0727. The first kappa shape index (κ1) is 11.3. The molecule has 2 rings (SSSR count). The number of hydrogen-bond acceptors (Lipinski definition) is 2. The van der Waals surface area contributed by atoms with Gasteiger partial charge in [0.25, 0.3) is 0 Å². The Morgan fingerprint density at radius 3 is 3.00 bits per heavy atom. The van der Waals surface area contributed by atoms with Crippen LogP contribution in [0, 0.1) is 17.1 Å². The molecule has 0 atom stereocenters. The number of nitriles is 1. The number of hydrogen-bond donors (Lipinski definition) is 0. The van der Waals surface area contributed by atoms with Gasteiger partial charge in [0, 0.05) is 23.9 Å². The van der Waals surface area contributed by atoms with Gasteiger partial charge in [0.1, 0.15) is 11.9 Å². The van der Waals surface area contributed by atoms with Gasteiger partial charge < -0.3 is 0 Å². The summed E-state index contributed by atoms with van der Waals surface area (Å²) >= 11 is 0. The van der Waals surface area contributed by atoms with E-state index in [-0.39, 0.29) is 5.56 Å². The molecule has 0 amide bonds. The van der Waals surface area contributed by atoms with Gasteiger partial charge in [0.05, 0.1) is 11.8 Å². The van der Waals surface area contributed by atoms with Crippen molar-refractivity contribution in [1.82, 2.24) is 9.78 Å². The summed E-state index contributed by atoms with van der Waals surface area (Å²) in [4.78, 5) is 0. The summed E-state index contributed by atoms with van der Waals surface area (Å²) in [7, 11) is 0. The van der Waals surface area contributed by atoms with Crippen LogP contribution in [0.5, 0.6) is 0 Å². The molecular weight excluding hydrogens is 217 g/mol. The van der Waals surface area contributed by atoms with Crippen LogP contribution >= 0.6 is 0 Å². The molecule has 0 spiro atoms. The van der Waals surface area contributed by atoms with Crippen molar-refractivity contribution in [2.45, 2.75) is 19.9 Å². The van der Waals surface area contributed by atoms with Gasteiger partial charge >= 0.3 is 0 Å². The molecule has 17 heavy (non-hydrogen) atoms. The van der Waals surface area contributed by atoms with Gasteiger partial charge in [0.2, 0.25) is 0 Å². The topological polar surface area (TPSA) is 41.6 Å². The smallest absolute Gasteiger partial charge is 0.141 e. The minimum Gasteiger partial charge on any atom is -0.272 e. The van der Waals surface area contributed by atoms with Crippen LogP contribution in [0.15, 0.2) is 30.6 Å². The van der Waals surface area contributed by atoms with Crippen LogP contribution in [-0.4, -0.2) is 9.78 Å². The molecule has 0 bridgehead atoms. The Morgan fingerprint density at radius 2 is 2.29 bits per heavy atom. The molecule has 1 aromatic carbocycles. The predicted octanol–water partition coefficient (Wildman–Crippen LogP) is 2.97. The first-order valence-corrected chi connectivity index (χ1v) is 5.47. The molecule has 0 saturated heterocycles.